The molecule has 0 aromatic carbocycles. The molecule has 84 valence electrons. The Balaban J connectivity index is 2.13. The first-order chi connectivity index (χ1) is 7.13. The maximum atomic E-state index is 11.5. The number of β-amino-alcohol motifs (C(OH)–C–C–N with tert-alkyl or cyclic N) is 1. The number of piperidine rings is 1. The normalized spacial score (nSPS) is 35.2. The van der Waals surface area contributed by atoms with E-state index in [0.29, 0.717) is 19.3 Å². The number of ketones is 1. The van der Waals surface area contributed by atoms with Gasteiger partial charge in [0.1, 0.15) is 5.78 Å². The smallest absolute Gasteiger partial charge is 0.409 e. The topological polar surface area (TPSA) is 66.8 Å². The fourth-order valence-electron chi connectivity index (χ4n) is 2.51. The van der Waals surface area contributed by atoms with Gasteiger partial charge in [0.05, 0.1) is 19.8 Å². The van der Waals surface area contributed by atoms with Gasteiger partial charge in [-0.2, -0.15) is 0 Å². The first-order valence-corrected chi connectivity index (χ1v) is 5.19. The summed E-state index contributed by atoms with van der Waals surface area (Å²) < 4.78 is 4.65. The molecule has 5 nitrogen and oxygen atoms in total. The van der Waals surface area contributed by atoms with E-state index >= 15 is 0 Å². The molecule has 1 aliphatic heterocycles. The molecule has 5 heteroatoms. The lowest BCUT2D eigenvalue weighted by molar-refractivity contribution is -0.135. The highest BCUT2D eigenvalue weighted by atomic mass is 16.5. The molecule has 1 heterocycles. The van der Waals surface area contributed by atoms with Gasteiger partial charge in [0.25, 0.3) is 0 Å². The Hall–Kier alpha value is -1.10. The Labute approximate surface area is 88.0 Å². The molecule has 2 fully saturated rings. The minimum absolute atomic E-state index is 0.0588. The summed E-state index contributed by atoms with van der Waals surface area (Å²) in [5, 5.41) is 9.74. The summed E-state index contributed by atoms with van der Waals surface area (Å²) >= 11 is 0. The largest absolute Gasteiger partial charge is 0.453 e. The van der Waals surface area contributed by atoms with Crippen LogP contribution in [0.15, 0.2) is 0 Å². The summed E-state index contributed by atoms with van der Waals surface area (Å²) in [6, 6.07) is 0.0588. The second kappa shape index (κ2) is 3.81. The predicted molar refractivity (Wildman–Crippen MR) is 51.3 cm³/mol. The van der Waals surface area contributed by atoms with E-state index < -0.39 is 12.2 Å². The summed E-state index contributed by atoms with van der Waals surface area (Å²) in [5.74, 6) is -0.145. The molecule has 1 N–H and O–H groups in total. The highest BCUT2D eigenvalue weighted by Gasteiger charge is 2.43. The maximum Gasteiger partial charge on any atom is 0.409 e. The van der Waals surface area contributed by atoms with Gasteiger partial charge in [-0.1, -0.05) is 0 Å². The summed E-state index contributed by atoms with van der Waals surface area (Å²) in [6.45, 7) is 0.216. The quantitative estimate of drug-likeness (QED) is 0.622. The van der Waals surface area contributed by atoms with Gasteiger partial charge in [-0.05, 0) is 12.8 Å². The van der Waals surface area contributed by atoms with E-state index in [2.05, 4.69) is 4.74 Å². The van der Waals surface area contributed by atoms with Crippen LogP contribution in [0.1, 0.15) is 19.3 Å². The molecule has 0 aromatic rings. The number of fused-ring (bicyclic) bond motifs is 2. The number of hydrogen-bond donors (Lipinski definition) is 1. The predicted octanol–water partition coefficient (Wildman–Crippen LogP) is 0.167. The first-order valence-electron chi connectivity index (χ1n) is 5.19. The molecular formula is C10H15NO4. The van der Waals surface area contributed by atoms with Crippen LogP contribution in [0.5, 0.6) is 0 Å². The van der Waals surface area contributed by atoms with Crippen LogP contribution >= 0.6 is 0 Å². The SMILES string of the molecule is COC(=O)N1C[C@@H](O)[C@@H]2C[C@H]1CCC2=O. The lowest BCUT2D eigenvalue weighted by atomic mass is 9.77. The number of nitrogens with zero attached hydrogens (tertiary/aromatic N) is 1. The third kappa shape index (κ3) is 1.71. The second-order valence-electron chi connectivity index (χ2n) is 4.19. The van der Waals surface area contributed by atoms with Gasteiger partial charge in [0.15, 0.2) is 0 Å². The summed E-state index contributed by atoms with van der Waals surface area (Å²) in [6.07, 6.45) is 0.589. The number of Topliss-reactive ketones (excluding diaryl/α,β-unsaturated/α-hetero) is 1. The Morgan fingerprint density at radius 2 is 2.33 bits per heavy atom. The molecule has 1 saturated carbocycles. The van der Waals surface area contributed by atoms with Crippen molar-refractivity contribution < 1.29 is 19.4 Å². The van der Waals surface area contributed by atoms with Crippen molar-refractivity contribution in [3.05, 3.63) is 0 Å². The molecular weight excluding hydrogens is 198 g/mol. The third-order valence-electron chi connectivity index (χ3n) is 3.36. The fourth-order valence-corrected chi connectivity index (χ4v) is 2.51. The van der Waals surface area contributed by atoms with Gasteiger partial charge in [0.2, 0.25) is 0 Å². The van der Waals surface area contributed by atoms with Gasteiger partial charge < -0.3 is 14.7 Å². The van der Waals surface area contributed by atoms with Crippen LogP contribution in [0, 0.1) is 5.92 Å². The Bertz CT molecular complexity index is 291. The van der Waals surface area contributed by atoms with Crippen LogP contribution in [0.25, 0.3) is 0 Å². The van der Waals surface area contributed by atoms with E-state index in [4.69, 9.17) is 0 Å². The summed E-state index contributed by atoms with van der Waals surface area (Å²) in [4.78, 5) is 24.4. The monoisotopic (exact) mass is 213 g/mol. The number of rotatable bonds is 0. The van der Waals surface area contributed by atoms with Crippen molar-refractivity contribution in [2.24, 2.45) is 5.92 Å². The van der Waals surface area contributed by atoms with E-state index in [1.807, 2.05) is 0 Å². The molecule has 1 saturated heterocycles. The number of aliphatic hydroxyl groups excluding tert-OH is 1. The highest BCUT2D eigenvalue weighted by Crippen LogP contribution is 2.32. The van der Waals surface area contributed by atoms with Crippen molar-refractivity contribution in [2.75, 3.05) is 13.7 Å². The van der Waals surface area contributed by atoms with Gasteiger partial charge in [-0.15, -0.1) is 0 Å². The van der Waals surface area contributed by atoms with Crippen molar-refractivity contribution >= 4 is 11.9 Å². The van der Waals surface area contributed by atoms with Gasteiger partial charge in [-0.25, -0.2) is 4.79 Å². The van der Waals surface area contributed by atoms with E-state index in [9.17, 15) is 14.7 Å². The molecule has 3 atom stereocenters. The molecule has 1 aliphatic carbocycles. The number of carbonyl (C=O) groups is 2. The zero-order valence-electron chi connectivity index (χ0n) is 8.68. The Morgan fingerprint density at radius 1 is 1.60 bits per heavy atom. The average molecular weight is 213 g/mol. The lowest BCUT2D eigenvalue weighted by Crippen LogP contribution is -2.56. The standard InChI is InChI=1S/C10H15NO4/c1-15-10(14)11-5-9(13)7-4-6(11)2-3-8(7)12/h6-7,9,13H,2-5H2,1H3/t6-,7-,9-/m1/s1. The van der Waals surface area contributed by atoms with E-state index in [-0.39, 0.29) is 24.3 Å². The van der Waals surface area contributed by atoms with Crippen LogP contribution < -0.4 is 0 Å². The van der Waals surface area contributed by atoms with Crippen LogP contribution in [0.2, 0.25) is 0 Å². The number of carbonyl (C=O) groups excluding carboxylic acids is 2. The Morgan fingerprint density at radius 3 is 3.00 bits per heavy atom. The second-order valence-corrected chi connectivity index (χ2v) is 4.19. The first kappa shape index (κ1) is 10.4. The summed E-state index contributed by atoms with van der Waals surface area (Å²) in [7, 11) is 1.33. The number of methoxy groups -OCH3 is 1. The van der Waals surface area contributed by atoms with Crippen molar-refractivity contribution in [3.63, 3.8) is 0 Å². The van der Waals surface area contributed by atoms with E-state index in [1.54, 1.807) is 0 Å². The molecule has 2 rings (SSSR count). The van der Waals surface area contributed by atoms with E-state index in [1.165, 1.54) is 12.0 Å². The number of aliphatic hydroxyl groups is 1. The molecule has 0 unspecified atom stereocenters. The molecule has 0 aromatic heterocycles. The molecule has 0 spiro atoms. The highest BCUT2D eigenvalue weighted by molar-refractivity contribution is 5.83. The van der Waals surface area contributed by atoms with Gasteiger partial charge in [-0.3, -0.25) is 4.79 Å². The van der Waals surface area contributed by atoms with E-state index in [0.717, 1.165) is 0 Å². The fraction of sp³-hybridized carbons (Fsp3) is 0.800. The number of ether oxygens (including phenoxy) is 1. The van der Waals surface area contributed by atoms with Crippen LogP contribution in [-0.4, -0.2) is 47.7 Å². The van der Waals surface area contributed by atoms with Crippen molar-refractivity contribution in [1.82, 2.24) is 4.90 Å². The summed E-state index contributed by atoms with van der Waals surface area (Å²) in [5.41, 5.74) is 0. The zero-order chi connectivity index (χ0) is 11.0. The zero-order valence-corrected chi connectivity index (χ0v) is 8.68. The molecule has 1 amide bonds. The number of hydrogen-bond acceptors (Lipinski definition) is 4. The number of likely N-dealkylation sites (tertiary alicyclic amines) is 1. The maximum absolute atomic E-state index is 11.5. The minimum atomic E-state index is -0.729. The third-order valence-corrected chi connectivity index (χ3v) is 3.36. The average Bonchev–Trinajstić information content (AvgIpc) is 2.25. The van der Waals surface area contributed by atoms with Crippen LogP contribution in [0.4, 0.5) is 4.79 Å². The van der Waals surface area contributed by atoms with Crippen molar-refractivity contribution in [1.29, 1.82) is 0 Å². The van der Waals surface area contributed by atoms with Crippen molar-refractivity contribution in [3.8, 4) is 0 Å². The number of amides is 1. The van der Waals surface area contributed by atoms with Crippen LogP contribution in [0.3, 0.4) is 0 Å². The van der Waals surface area contributed by atoms with Gasteiger partial charge >= 0.3 is 6.09 Å². The lowest BCUT2D eigenvalue weighted by Gasteiger charge is -2.43. The van der Waals surface area contributed by atoms with Gasteiger partial charge in [0, 0.05) is 18.4 Å². The van der Waals surface area contributed by atoms with Crippen molar-refractivity contribution in [2.45, 2.75) is 31.4 Å². The molecule has 2 aliphatic rings. The molecule has 2 bridgehead atoms. The van der Waals surface area contributed by atoms with Crippen LogP contribution in [-0.2, 0) is 9.53 Å². The molecule has 0 radical (unpaired) electrons. The molecule has 15 heavy (non-hydrogen) atoms. The Kier molecular flexibility index (Phi) is 2.65. The minimum Gasteiger partial charge on any atom is -0.453 e.